The van der Waals surface area contributed by atoms with Gasteiger partial charge in [0.2, 0.25) is 5.91 Å². The number of carbonyl (C=O) groups is 2. The zero-order valence-electron chi connectivity index (χ0n) is 9.49. The molecule has 0 bridgehead atoms. The molecular formula is C9H13N2NaO4. The molecule has 1 heterocycles. The zero-order chi connectivity index (χ0) is 11.3. The Balaban J connectivity index is 0.00000225. The Kier molecular flexibility index (Phi) is 7.36. The number of aliphatic carboxylic acids is 1. The number of hydrogen-bond acceptors (Lipinski definition) is 5. The molecule has 1 aliphatic rings. The average molecular weight is 236 g/mol. The molecule has 1 rings (SSSR count). The normalized spacial score (nSPS) is 18.1. The van der Waals surface area contributed by atoms with Crippen LogP contribution >= 0.6 is 0 Å². The Morgan fingerprint density at radius 2 is 2.31 bits per heavy atom. The molecule has 0 aromatic carbocycles. The summed E-state index contributed by atoms with van der Waals surface area (Å²) in [6, 6.07) is 0. The van der Waals surface area contributed by atoms with Crippen molar-refractivity contribution in [3.8, 4) is 0 Å². The summed E-state index contributed by atoms with van der Waals surface area (Å²) in [5.41, 5.74) is 0.703. The van der Waals surface area contributed by atoms with Gasteiger partial charge in [-0.1, -0.05) is 5.16 Å². The fourth-order valence-corrected chi connectivity index (χ4v) is 1.25. The van der Waals surface area contributed by atoms with E-state index in [4.69, 9.17) is 4.84 Å². The average Bonchev–Trinajstić information content (AvgIpc) is 2.59. The number of amides is 1. The second kappa shape index (κ2) is 7.65. The number of carboxylic acids is 1. The van der Waals surface area contributed by atoms with Crippen LogP contribution in [0.1, 0.15) is 26.2 Å². The van der Waals surface area contributed by atoms with E-state index in [1.807, 2.05) is 0 Å². The molecule has 6 nitrogen and oxygen atoms in total. The third-order valence-electron chi connectivity index (χ3n) is 1.99. The number of nitrogens with one attached hydrogen (secondary N) is 1. The van der Waals surface area contributed by atoms with Gasteiger partial charge >= 0.3 is 29.6 Å². The Bertz CT molecular complexity index is 293. The number of carboxylic acid groups (broad SMARTS) is 1. The molecule has 1 unspecified atom stereocenters. The summed E-state index contributed by atoms with van der Waals surface area (Å²) >= 11 is 0. The minimum atomic E-state index is -1.09. The number of nitrogens with zero attached hydrogens (tertiary/aromatic N) is 1. The van der Waals surface area contributed by atoms with Gasteiger partial charge in [0.15, 0.2) is 0 Å². The van der Waals surface area contributed by atoms with E-state index in [1.165, 1.54) is 6.92 Å². The standard InChI is InChI=1S/C9H14N2O4.Na/c1-6(12)10-5-8-4-7(11-15-8)2-3-9(13)14;/h8H,2-5H2,1H3,(H,10,12)(H,13,14);/q;+1/p-1. The monoisotopic (exact) mass is 236 g/mol. The van der Waals surface area contributed by atoms with Gasteiger partial charge < -0.3 is 20.1 Å². The largest absolute Gasteiger partial charge is 1.00 e. The van der Waals surface area contributed by atoms with Gasteiger partial charge in [0.1, 0.15) is 6.10 Å². The van der Waals surface area contributed by atoms with Crippen LogP contribution < -0.4 is 40.0 Å². The maximum Gasteiger partial charge on any atom is 1.00 e. The molecule has 0 aromatic heterocycles. The summed E-state index contributed by atoms with van der Waals surface area (Å²) in [7, 11) is 0. The Labute approximate surface area is 116 Å². The molecule has 1 atom stereocenters. The summed E-state index contributed by atoms with van der Waals surface area (Å²) in [6.45, 7) is 1.82. The van der Waals surface area contributed by atoms with Crippen molar-refractivity contribution in [2.24, 2.45) is 5.16 Å². The molecule has 16 heavy (non-hydrogen) atoms. The third kappa shape index (κ3) is 6.09. The van der Waals surface area contributed by atoms with E-state index in [1.54, 1.807) is 0 Å². The fourth-order valence-electron chi connectivity index (χ4n) is 1.25. The summed E-state index contributed by atoms with van der Waals surface area (Å²) in [6.07, 6.45) is 0.687. The summed E-state index contributed by atoms with van der Waals surface area (Å²) < 4.78 is 0. The van der Waals surface area contributed by atoms with Crippen molar-refractivity contribution < 1.29 is 49.1 Å². The van der Waals surface area contributed by atoms with E-state index in [0.29, 0.717) is 25.1 Å². The second-order valence-electron chi connectivity index (χ2n) is 3.40. The van der Waals surface area contributed by atoms with Gasteiger partial charge in [-0.3, -0.25) is 4.79 Å². The van der Waals surface area contributed by atoms with Crippen LogP contribution in [0.25, 0.3) is 0 Å². The molecule has 7 heteroatoms. The number of rotatable bonds is 5. The molecule has 0 saturated heterocycles. The maximum absolute atomic E-state index is 10.6. The van der Waals surface area contributed by atoms with Crippen LogP contribution in [-0.4, -0.2) is 30.2 Å². The van der Waals surface area contributed by atoms with E-state index >= 15 is 0 Å². The SMILES string of the molecule is CC(=O)NCC1CC(CCC(=O)[O-])=NO1.[Na+]. The van der Waals surface area contributed by atoms with E-state index in [-0.39, 0.29) is 48.0 Å². The van der Waals surface area contributed by atoms with Crippen molar-refractivity contribution in [1.29, 1.82) is 0 Å². The van der Waals surface area contributed by atoms with Crippen molar-refractivity contribution in [1.82, 2.24) is 5.32 Å². The number of carbonyl (C=O) groups excluding carboxylic acids is 2. The van der Waals surface area contributed by atoms with E-state index in [0.717, 1.165) is 0 Å². The van der Waals surface area contributed by atoms with Gasteiger partial charge in [0.05, 0.1) is 12.3 Å². The molecule has 0 radical (unpaired) electrons. The molecular weight excluding hydrogens is 223 g/mol. The Morgan fingerprint density at radius 3 is 2.88 bits per heavy atom. The summed E-state index contributed by atoms with van der Waals surface area (Å²) in [4.78, 5) is 25.8. The molecule has 84 valence electrons. The predicted molar refractivity (Wildman–Crippen MR) is 49.8 cm³/mol. The van der Waals surface area contributed by atoms with Crippen molar-refractivity contribution in [2.75, 3.05) is 6.54 Å². The topological polar surface area (TPSA) is 90.8 Å². The maximum atomic E-state index is 10.6. The molecule has 1 N–H and O–H groups in total. The Hall–Kier alpha value is -0.590. The van der Waals surface area contributed by atoms with Gasteiger partial charge in [0, 0.05) is 19.3 Å². The molecule has 1 aliphatic heterocycles. The first kappa shape index (κ1) is 15.4. The minimum Gasteiger partial charge on any atom is -0.550 e. The molecule has 0 fully saturated rings. The van der Waals surface area contributed by atoms with Gasteiger partial charge in [0.25, 0.3) is 0 Å². The van der Waals surface area contributed by atoms with Crippen LogP contribution in [0.5, 0.6) is 0 Å². The van der Waals surface area contributed by atoms with Crippen LogP contribution in [0, 0.1) is 0 Å². The smallest absolute Gasteiger partial charge is 0.550 e. The third-order valence-corrected chi connectivity index (χ3v) is 1.99. The predicted octanol–water partition coefficient (Wildman–Crippen LogP) is -4.20. The summed E-state index contributed by atoms with van der Waals surface area (Å²) in [5, 5.41) is 16.5. The quantitative estimate of drug-likeness (QED) is 0.490. The number of hydrogen-bond donors (Lipinski definition) is 1. The van der Waals surface area contributed by atoms with Crippen LogP contribution in [0.2, 0.25) is 0 Å². The van der Waals surface area contributed by atoms with Crippen LogP contribution in [0.15, 0.2) is 5.16 Å². The first-order valence-electron chi connectivity index (χ1n) is 4.73. The van der Waals surface area contributed by atoms with Gasteiger partial charge in [-0.2, -0.15) is 0 Å². The van der Waals surface area contributed by atoms with E-state index in [9.17, 15) is 14.7 Å². The van der Waals surface area contributed by atoms with Gasteiger partial charge in [-0.05, 0) is 12.8 Å². The van der Waals surface area contributed by atoms with Crippen molar-refractivity contribution in [3.63, 3.8) is 0 Å². The number of oxime groups is 1. The van der Waals surface area contributed by atoms with Gasteiger partial charge in [-0.15, -0.1) is 0 Å². The second-order valence-corrected chi connectivity index (χ2v) is 3.40. The Morgan fingerprint density at radius 1 is 1.62 bits per heavy atom. The molecule has 0 saturated carbocycles. The first-order chi connectivity index (χ1) is 7.08. The fraction of sp³-hybridized carbons (Fsp3) is 0.667. The molecule has 0 aliphatic carbocycles. The first-order valence-corrected chi connectivity index (χ1v) is 4.73. The molecule has 0 aromatic rings. The van der Waals surface area contributed by atoms with Crippen LogP contribution in [-0.2, 0) is 14.4 Å². The zero-order valence-corrected chi connectivity index (χ0v) is 11.5. The van der Waals surface area contributed by atoms with Crippen LogP contribution in [0.4, 0.5) is 0 Å². The molecule has 1 amide bonds. The van der Waals surface area contributed by atoms with Crippen molar-refractivity contribution in [3.05, 3.63) is 0 Å². The van der Waals surface area contributed by atoms with E-state index < -0.39 is 5.97 Å². The summed E-state index contributed by atoms with van der Waals surface area (Å²) in [5.74, 6) is -1.22. The van der Waals surface area contributed by atoms with Crippen molar-refractivity contribution >= 4 is 17.6 Å². The molecule has 0 spiro atoms. The van der Waals surface area contributed by atoms with Crippen LogP contribution in [0.3, 0.4) is 0 Å². The van der Waals surface area contributed by atoms with Crippen molar-refractivity contribution in [2.45, 2.75) is 32.3 Å². The minimum absolute atomic E-state index is 0. The van der Waals surface area contributed by atoms with E-state index in [2.05, 4.69) is 10.5 Å². The van der Waals surface area contributed by atoms with Gasteiger partial charge in [-0.25, -0.2) is 0 Å².